The quantitative estimate of drug-likeness (QED) is 0.827. The Hall–Kier alpha value is -2.21. The largest absolute Gasteiger partial charge is 0.333 e. The first kappa shape index (κ1) is 13.8. The Morgan fingerprint density at radius 1 is 1.14 bits per heavy atom. The lowest BCUT2D eigenvalue weighted by atomic mass is 10.1. The third-order valence-corrected chi connectivity index (χ3v) is 3.92. The van der Waals surface area contributed by atoms with Gasteiger partial charge in [0, 0.05) is 36.9 Å². The molecule has 6 heteroatoms. The minimum Gasteiger partial charge on any atom is -0.333 e. The van der Waals surface area contributed by atoms with E-state index in [0.29, 0.717) is 0 Å². The maximum Gasteiger partial charge on any atom is 0.254 e. The molecular formula is C15H19N5O. The molecule has 0 unspecified atom stereocenters. The molecule has 1 fully saturated rings. The summed E-state index contributed by atoms with van der Waals surface area (Å²) in [5.74, 6) is 0.103. The van der Waals surface area contributed by atoms with Crippen LogP contribution in [0.15, 0.2) is 36.9 Å². The van der Waals surface area contributed by atoms with Crippen LogP contribution in [0.1, 0.15) is 17.3 Å². The molecule has 21 heavy (non-hydrogen) atoms. The summed E-state index contributed by atoms with van der Waals surface area (Å²) in [5.41, 5.74) is 1.67. The van der Waals surface area contributed by atoms with E-state index in [2.05, 4.69) is 29.1 Å². The predicted octanol–water partition coefficient (Wildman–Crippen LogP) is 1.04. The Labute approximate surface area is 124 Å². The van der Waals surface area contributed by atoms with Gasteiger partial charge in [0.2, 0.25) is 0 Å². The van der Waals surface area contributed by atoms with Gasteiger partial charge in [-0.2, -0.15) is 0 Å². The molecule has 0 saturated carbocycles. The van der Waals surface area contributed by atoms with Crippen molar-refractivity contribution in [2.24, 2.45) is 0 Å². The molecule has 1 saturated heterocycles. The molecule has 6 nitrogen and oxygen atoms in total. The summed E-state index contributed by atoms with van der Waals surface area (Å²) in [6.07, 6.45) is 3.28. The zero-order valence-corrected chi connectivity index (χ0v) is 12.3. The van der Waals surface area contributed by atoms with E-state index in [4.69, 9.17) is 0 Å². The van der Waals surface area contributed by atoms with Crippen molar-refractivity contribution < 1.29 is 4.79 Å². The van der Waals surface area contributed by atoms with E-state index in [1.807, 2.05) is 33.7 Å². The minimum absolute atomic E-state index is 0.103. The number of rotatable bonds is 2. The van der Waals surface area contributed by atoms with Gasteiger partial charge < -0.3 is 9.80 Å². The highest BCUT2D eigenvalue weighted by Gasteiger charge is 2.26. The van der Waals surface area contributed by atoms with Crippen LogP contribution in [-0.4, -0.2) is 63.2 Å². The van der Waals surface area contributed by atoms with Gasteiger partial charge in [0.25, 0.3) is 5.91 Å². The molecule has 0 spiro atoms. The van der Waals surface area contributed by atoms with Crippen molar-refractivity contribution >= 4 is 5.91 Å². The first-order valence-electron chi connectivity index (χ1n) is 7.10. The summed E-state index contributed by atoms with van der Waals surface area (Å²) in [7, 11) is 2.09. The first-order valence-corrected chi connectivity index (χ1v) is 7.10. The predicted molar refractivity (Wildman–Crippen MR) is 79.4 cm³/mol. The fourth-order valence-electron chi connectivity index (χ4n) is 2.72. The molecule has 0 bridgehead atoms. The molecule has 2 heterocycles. The van der Waals surface area contributed by atoms with Crippen LogP contribution >= 0.6 is 0 Å². The minimum atomic E-state index is 0.103. The van der Waals surface area contributed by atoms with Crippen LogP contribution in [-0.2, 0) is 0 Å². The lowest BCUT2D eigenvalue weighted by Gasteiger charge is -2.38. The third-order valence-electron chi connectivity index (χ3n) is 3.92. The zero-order chi connectivity index (χ0) is 14.8. The van der Waals surface area contributed by atoms with Crippen LogP contribution in [0.2, 0.25) is 0 Å². The van der Waals surface area contributed by atoms with Crippen LogP contribution in [0.25, 0.3) is 5.69 Å². The molecule has 0 radical (unpaired) electrons. The number of nitrogens with zero attached hydrogens (tertiary/aromatic N) is 5. The maximum absolute atomic E-state index is 12.6. The van der Waals surface area contributed by atoms with Crippen LogP contribution < -0.4 is 0 Å². The van der Waals surface area contributed by atoms with Crippen molar-refractivity contribution in [3.05, 3.63) is 42.5 Å². The van der Waals surface area contributed by atoms with Crippen LogP contribution in [0.5, 0.6) is 0 Å². The molecule has 1 atom stereocenters. The van der Waals surface area contributed by atoms with Gasteiger partial charge >= 0.3 is 0 Å². The summed E-state index contributed by atoms with van der Waals surface area (Å²) in [5, 5.41) is 7.56. The number of aromatic nitrogens is 3. The summed E-state index contributed by atoms with van der Waals surface area (Å²) in [6, 6.07) is 7.80. The standard InChI is InChI=1S/C15H19N5O/c1-12-9-18(2)7-8-20(12)15(21)13-3-5-14(6-4-13)19-10-16-17-11-19/h3-6,10-12H,7-9H2,1-2H3/t12-/m1/s1. The molecule has 2 aromatic rings. The van der Waals surface area contributed by atoms with E-state index in [9.17, 15) is 4.79 Å². The summed E-state index contributed by atoms with van der Waals surface area (Å²) >= 11 is 0. The van der Waals surface area contributed by atoms with Gasteiger partial charge in [-0.15, -0.1) is 10.2 Å². The van der Waals surface area contributed by atoms with Gasteiger partial charge in [0.05, 0.1) is 0 Å². The number of hydrogen-bond acceptors (Lipinski definition) is 4. The van der Waals surface area contributed by atoms with Crippen molar-refractivity contribution in [1.29, 1.82) is 0 Å². The molecule has 1 aliphatic rings. The molecular weight excluding hydrogens is 266 g/mol. The van der Waals surface area contributed by atoms with Crippen molar-refractivity contribution in [3.63, 3.8) is 0 Å². The van der Waals surface area contributed by atoms with Gasteiger partial charge in [0.15, 0.2) is 0 Å². The fraction of sp³-hybridized carbons (Fsp3) is 0.400. The molecule has 0 aliphatic carbocycles. The molecule has 110 valence electrons. The lowest BCUT2D eigenvalue weighted by Crippen LogP contribution is -2.52. The van der Waals surface area contributed by atoms with E-state index in [-0.39, 0.29) is 11.9 Å². The van der Waals surface area contributed by atoms with Gasteiger partial charge in [-0.3, -0.25) is 9.36 Å². The Morgan fingerprint density at radius 2 is 1.81 bits per heavy atom. The molecule has 1 amide bonds. The van der Waals surface area contributed by atoms with E-state index in [1.54, 1.807) is 12.7 Å². The molecule has 1 aromatic carbocycles. The van der Waals surface area contributed by atoms with Gasteiger partial charge in [-0.1, -0.05) is 0 Å². The highest BCUT2D eigenvalue weighted by Crippen LogP contribution is 2.15. The number of benzene rings is 1. The van der Waals surface area contributed by atoms with Crippen LogP contribution in [0, 0.1) is 0 Å². The normalized spacial score (nSPS) is 19.7. The highest BCUT2D eigenvalue weighted by atomic mass is 16.2. The van der Waals surface area contributed by atoms with E-state index >= 15 is 0 Å². The lowest BCUT2D eigenvalue weighted by molar-refractivity contribution is 0.0533. The van der Waals surface area contributed by atoms with Gasteiger partial charge in [0.1, 0.15) is 12.7 Å². The zero-order valence-electron chi connectivity index (χ0n) is 12.3. The molecule has 1 aromatic heterocycles. The van der Waals surface area contributed by atoms with Crippen molar-refractivity contribution in [2.45, 2.75) is 13.0 Å². The Bertz CT molecular complexity index is 608. The second-order valence-electron chi connectivity index (χ2n) is 5.53. The number of piperazine rings is 1. The number of carbonyl (C=O) groups is 1. The van der Waals surface area contributed by atoms with Crippen molar-refractivity contribution in [1.82, 2.24) is 24.6 Å². The van der Waals surface area contributed by atoms with Gasteiger partial charge in [-0.25, -0.2) is 0 Å². The number of hydrogen-bond donors (Lipinski definition) is 0. The Kier molecular flexibility index (Phi) is 3.70. The summed E-state index contributed by atoms with van der Waals surface area (Å²) < 4.78 is 1.81. The van der Waals surface area contributed by atoms with Crippen molar-refractivity contribution in [3.8, 4) is 5.69 Å². The molecule has 3 rings (SSSR count). The van der Waals surface area contributed by atoms with Crippen LogP contribution in [0.3, 0.4) is 0 Å². The monoisotopic (exact) mass is 285 g/mol. The summed E-state index contributed by atoms with van der Waals surface area (Å²) in [4.78, 5) is 16.8. The maximum atomic E-state index is 12.6. The topological polar surface area (TPSA) is 54.3 Å². The summed E-state index contributed by atoms with van der Waals surface area (Å²) in [6.45, 7) is 4.72. The molecule has 1 aliphatic heterocycles. The Balaban J connectivity index is 1.76. The Morgan fingerprint density at radius 3 is 2.43 bits per heavy atom. The highest BCUT2D eigenvalue weighted by molar-refractivity contribution is 5.94. The fourth-order valence-corrected chi connectivity index (χ4v) is 2.72. The average Bonchev–Trinajstić information content (AvgIpc) is 3.01. The number of likely N-dealkylation sites (N-methyl/N-ethyl adjacent to an activating group) is 1. The van der Waals surface area contributed by atoms with E-state index < -0.39 is 0 Å². The second kappa shape index (κ2) is 5.65. The SMILES string of the molecule is C[C@@H]1CN(C)CCN1C(=O)c1ccc(-n2cnnc2)cc1. The number of carbonyl (C=O) groups excluding carboxylic acids is 1. The number of amides is 1. The van der Waals surface area contributed by atoms with E-state index in [1.165, 1.54) is 0 Å². The first-order chi connectivity index (χ1) is 10.1. The third kappa shape index (κ3) is 2.80. The smallest absolute Gasteiger partial charge is 0.254 e. The van der Waals surface area contributed by atoms with E-state index in [0.717, 1.165) is 30.9 Å². The average molecular weight is 285 g/mol. The molecule has 0 N–H and O–H groups in total. The van der Waals surface area contributed by atoms with Crippen LogP contribution in [0.4, 0.5) is 0 Å². The van der Waals surface area contributed by atoms with Crippen molar-refractivity contribution in [2.75, 3.05) is 26.7 Å². The second-order valence-corrected chi connectivity index (χ2v) is 5.53. The van der Waals surface area contributed by atoms with Gasteiger partial charge in [-0.05, 0) is 38.2 Å².